The second kappa shape index (κ2) is 6.38. The molecule has 0 bridgehead atoms. The van der Waals surface area contributed by atoms with Crippen molar-refractivity contribution in [1.82, 2.24) is 0 Å². The van der Waals surface area contributed by atoms with Gasteiger partial charge in [-0.25, -0.2) is 0 Å². The molecule has 0 aromatic heterocycles. The van der Waals surface area contributed by atoms with Gasteiger partial charge in [-0.15, -0.1) is 0 Å². The van der Waals surface area contributed by atoms with Crippen LogP contribution in [-0.4, -0.2) is 12.0 Å². The molecule has 0 aliphatic rings. The van der Waals surface area contributed by atoms with Crippen LogP contribution in [0.15, 0.2) is 46.9 Å². The summed E-state index contributed by atoms with van der Waals surface area (Å²) in [7, 11) is 1.63. The molecule has 0 fully saturated rings. The molecule has 0 unspecified atom stereocenters. The van der Waals surface area contributed by atoms with Crippen molar-refractivity contribution < 1.29 is 9.66 Å². The van der Waals surface area contributed by atoms with E-state index >= 15 is 0 Å². The first-order chi connectivity index (χ1) is 9.61. The minimum absolute atomic E-state index is 0.0232. The maximum Gasteiger partial charge on any atom is 0.297 e. The molecule has 0 atom stereocenters. The second-order valence-corrected chi connectivity index (χ2v) is 5.00. The highest BCUT2D eigenvalue weighted by Crippen LogP contribution is 2.37. The predicted octanol–water partition coefficient (Wildman–Crippen LogP) is 3.98. The number of halogens is 1. The lowest BCUT2D eigenvalue weighted by molar-refractivity contribution is -0.384. The second-order valence-electron chi connectivity index (χ2n) is 4.08. The van der Waals surface area contributed by atoms with Gasteiger partial charge < -0.3 is 10.1 Å². The topological polar surface area (TPSA) is 64.4 Å². The van der Waals surface area contributed by atoms with Gasteiger partial charge in [0.15, 0.2) is 11.4 Å². The molecule has 2 aromatic carbocycles. The average Bonchev–Trinajstić information content (AvgIpc) is 2.45. The molecule has 0 aliphatic carbocycles. The zero-order valence-electron chi connectivity index (χ0n) is 10.8. The van der Waals surface area contributed by atoms with Crippen LogP contribution in [0.4, 0.5) is 11.4 Å². The molecule has 0 saturated heterocycles. The molecule has 2 rings (SSSR count). The summed E-state index contributed by atoms with van der Waals surface area (Å²) in [5.41, 5.74) is 1.34. The first-order valence-electron chi connectivity index (χ1n) is 5.94. The van der Waals surface area contributed by atoms with E-state index in [-0.39, 0.29) is 5.69 Å². The molecular formula is C14H13BrN2O3. The molecule has 1 N–H and O–H groups in total. The Bertz CT molecular complexity index is 617. The SMILES string of the molecule is CNc1c(OCc2ccccc2)cc(Br)cc1[N+](=O)[O-]. The number of hydrogen-bond donors (Lipinski definition) is 1. The lowest BCUT2D eigenvalue weighted by Gasteiger charge is -2.12. The van der Waals surface area contributed by atoms with Gasteiger partial charge in [-0.1, -0.05) is 46.3 Å². The molecule has 6 heteroatoms. The Morgan fingerprint density at radius 2 is 2.00 bits per heavy atom. The summed E-state index contributed by atoms with van der Waals surface area (Å²) < 4.78 is 6.29. The molecule has 0 saturated carbocycles. The minimum atomic E-state index is -0.439. The van der Waals surface area contributed by atoms with Gasteiger partial charge in [0.1, 0.15) is 6.61 Å². The summed E-state index contributed by atoms with van der Waals surface area (Å²) in [6.07, 6.45) is 0. The lowest BCUT2D eigenvalue weighted by Crippen LogP contribution is -2.02. The van der Waals surface area contributed by atoms with Crippen LogP contribution in [-0.2, 0) is 6.61 Å². The van der Waals surface area contributed by atoms with Gasteiger partial charge in [-0.2, -0.15) is 0 Å². The van der Waals surface area contributed by atoms with Gasteiger partial charge in [0.2, 0.25) is 0 Å². The van der Waals surface area contributed by atoms with Gasteiger partial charge in [0, 0.05) is 17.6 Å². The van der Waals surface area contributed by atoms with Gasteiger partial charge in [0.05, 0.1) is 4.92 Å². The molecule has 0 radical (unpaired) electrons. The van der Waals surface area contributed by atoms with E-state index in [9.17, 15) is 10.1 Å². The molecule has 2 aromatic rings. The molecule has 20 heavy (non-hydrogen) atoms. The van der Waals surface area contributed by atoms with E-state index in [1.807, 2.05) is 30.3 Å². The third-order valence-electron chi connectivity index (χ3n) is 2.73. The van der Waals surface area contributed by atoms with Crippen molar-refractivity contribution in [3.05, 3.63) is 62.6 Å². The first-order valence-corrected chi connectivity index (χ1v) is 6.73. The highest BCUT2D eigenvalue weighted by molar-refractivity contribution is 9.10. The predicted molar refractivity (Wildman–Crippen MR) is 81.1 cm³/mol. The first kappa shape index (κ1) is 14.3. The Hall–Kier alpha value is -2.08. The maximum atomic E-state index is 11.0. The molecule has 104 valence electrons. The van der Waals surface area contributed by atoms with Crippen molar-refractivity contribution >= 4 is 27.3 Å². The summed E-state index contributed by atoms with van der Waals surface area (Å²) in [5, 5.41) is 13.9. The normalized spacial score (nSPS) is 10.1. The van der Waals surface area contributed by atoms with E-state index in [1.54, 1.807) is 13.1 Å². The smallest absolute Gasteiger partial charge is 0.297 e. The highest BCUT2D eigenvalue weighted by Gasteiger charge is 2.19. The van der Waals surface area contributed by atoms with E-state index in [0.29, 0.717) is 22.5 Å². The van der Waals surface area contributed by atoms with Crippen LogP contribution < -0.4 is 10.1 Å². The Labute approximate surface area is 124 Å². The Balaban J connectivity index is 2.29. The fourth-order valence-electron chi connectivity index (χ4n) is 1.81. The highest BCUT2D eigenvalue weighted by atomic mass is 79.9. The molecular weight excluding hydrogens is 324 g/mol. The summed E-state index contributed by atoms with van der Waals surface area (Å²) >= 11 is 3.26. The van der Waals surface area contributed by atoms with Gasteiger partial charge >= 0.3 is 0 Å². The molecule has 0 aliphatic heterocycles. The summed E-state index contributed by atoms with van der Waals surface area (Å²) in [6, 6.07) is 12.8. The van der Waals surface area contributed by atoms with Crippen LogP contribution in [0.1, 0.15) is 5.56 Å². The maximum absolute atomic E-state index is 11.0. The minimum Gasteiger partial charge on any atom is -0.486 e. The molecule has 5 nitrogen and oxygen atoms in total. The zero-order chi connectivity index (χ0) is 14.5. The van der Waals surface area contributed by atoms with Crippen molar-refractivity contribution in [3.63, 3.8) is 0 Å². The van der Waals surface area contributed by atoms with Crippen LogP contribution in [0.3, 0.4) is 0 Å². The van der Waals surface area contributed by atoms with Crippen molar-refractivity contribution in [2.75, 3.05) is 12.4 Å². The Kier molecular flexibility index (Phi) is 4.57. The monoisotopic (exact) mass is 336 g/mol. The van der Waals surface area contributed by atoms with Gasteiger partial charge in [-0.3, -0.25) is 10.1 Å². The number of nitro groups is 1. The molecule has 0 amide bonds. The number of nitrogens with zero attached hydrogens (tertiary/aromatic N) is 1. The van der Waals surface area contributed by atoms with Gasteiger partial charge in [0.25, 0.3) is 5.69 Å². The van der Waals surface area contributed by atoms with E-state index in [4.69, 9.17) is 4.74 Å². The summed E-state index contributed by atoms with van der Waals surface area (Å²) in [5.74, 6) is 0.442. The third kappa shape index (κ3) is 3.27. The fraction of sp³-hybridized carbons (Fsp3) is 0.143. The number of nitrogens with one attached hydrogen (secondary N) is 1. The number of rotatable bonds is 5. The van der Waals surface area contributed by atoms with Crippen LogP contribution in [0, 0.1) is 10.1 Å². The number of ether oxygens (including phenoxy) is 1. The fourth-order valence-corrected chi connectivity index (χ4v) is 2.24. The largest absolute Gasteiger partial charge is 0.486 e. The Morgan fingerprint density at radius 3 is 2.60 bits per heavy atom. The summed E-state index contributed by atoms with van der Waals surface area (Å²) in [6.45, 7) is 0.350. The van der Waals surface area contributed by atoms with Crippen molar-refractivity contribution in [2.45, 2.75) is 6.61 Å². The number of hydrogen-bond acceptors (Lipinski definition) is 4. The van der Waals surface area contributed by atoms with Crippen LogP contribution >= 0.6 is 15.9 Å². The van der Waals surface area contributed by atoms with Crippen LogP contribution in [0.2, 0.25) is 0 Å². The lowest BCUT2D eigenvalue weighted by atomic mass is 10.2. The number of anilines is 1. The van der Waals surface area contributed by atoms with E-state index < -0.39 is 4.92 Å². The standard InChI is InChI=1S/C14H13BrN2O3/c1-16-14-12(17(18)19)7-11(15)8-13(14)20-9-10-5-3-2-4-6-10/h2-8,16H,9H2,1H3. The van der Waals surface area contributed by atoms with E-state index in [1.165, 1.54) is 6.07 Å². The van der Waals surface area contributed by atoms with Crippen molar-refractivity contribution in [3.8, 4) is 5.75 Å². The van der Waals surface area contributed by atoms with Crippen molar-refractivity contribution in [1.29, 1.82) is 0 Å². The van der Waals surface area contributed by atoms with E-state index in [2.05, 4.69) is 21.2 Å². The van der Waals surface area contributed by atoms with Crippen LogP contribution in [0.5, 0.6) is 5.75 Å². The van der Waals surface area contributed by atoms with E-state index in [0.717, 1.165) is 5.56 Å². The quantitative estimate of drug-likeness (QED) is 0.662. The average molecular weight is 337 g/mol. The van der Waals surface area contributed by atoms with Crippen molar-refractivity contribution in [2.24, 2.45) is 0 Å². The molecule has 0 heterocycles. The summed E-state index contributed by atoms with van der Waals surface area (Å²) in [4.78, 5) is 10.6. The third-order valence-corrected chi connectivity index (χ3v) is 3.19. The Morgan fingerprint density at radius 1 is 1.30 bits per heavy atom. The van der Waals surface area contributed by atoms with Gasteiger partial charge in [-0.05, 0) is 11.6 Å². The number of nitro benzene ring substituents is 1. The zero-order valence-corrected chi connectivity index (χ0v) is 12.4. The van der Waals surface area contributed by atoms with Crippen LogP contribution in [0.25, 0.3) is 0 Å². The molecule has 0 spiro atoms. The number of benzene rings is 2.